The number of hydrogen-bond donors (Lipinski definition) is 3. The van der Waals surface area contributed by atoms with Crippen LogP contribution in [0.5, 0.6) is 17.6 Å². The van der Waals surface area contributed by atoms with E-state index in [0.717, 1.165) is 40.3 Å². The molecular weight excluding hydrogens is 751 g/mol. The van der Waals surface area contributed by atoms with Crippen molar-refractivity contribution < 1.29 is 42.1 Å². The second kappa shape index (κ2) is 14.9. The summed E-state index contributed by atoms with van der Waals surface area (Å²) in [6, 6.07) is 16.2. The zero-order valence-corrected chi connectivity index (χ0v) is 31.6. The summed E-state index contributed by atoms with van der Waals surface area (Å²) in [5, 5.41) is 16.5. The molecule has 3 fully saturated rings. The van der Waals surface area contributed by atoms with Crippen molar-refractivity contribution in [2.75, 3.05) is 33.9 Å². The molecule has 2 aromatic carbocycles. The number of carbonyl (C=O) groups excluding carboxylic acids is 1. The van der Waals surface area contributed by atoms with E-state index < -0.39 is 35.1 Å². The van der Waals surface area contributed by atoms with Gasteiger partial charge in [-0.2, -0.15) is 18.2 Å². The molecule has 0 spiro atoms. The second-order valence-electron chi connectivity index (χ2n) is 15.0. The minimum atomic E-state index is -4.77. The molecule has 2 aliphatic carbocycles. The van der Waals surface area contributed by atoms with Crippen molar-refractivity contribution in [3.8, 4) is 40.0 Å². The van der Waals surface area contributed by atoms with E-state index in [-0.39, 0.29) is 42.4 Å². The minimum absolute atomic E-state index is 0.00196. The number of nitrogens with one attached hydrogen (secondary N) is 2. The van der Waals surface area contributed by atoms with Gasteiger partial charge >= 0.3 is 12.1 Å². The number of pyridine rings is 2. The SMILES string of the molecule is COc1nc(-c2cccc(-c3cccc4c3CC[C@@H]4Oc3nc(OC)c(CN4C[C@H]5C[C@@]5(C(=O)O)C4)cc3C(F)(F)F)c2Cl)ccc1CNC[C@@H]1CCC(=O)N1. The number of carbonyl (C=O) groups is 2. The number of aliphatic carboxylic acids is 1. The number of alkyl halides is 3. The third kappa shape index (κ3) is 7.14. The van der Waals surface area contributed by atoms with Crippen LogP contribution in [0, 0.1) is 11.3 Å². The highest BCUT2D eigenvalue weighted by Crippen LogP contribution is 2.58. The van der Waals surface area contributed by atoms with Crippen molar-refractivity contribution in [1.29, 1.82) is 0 Å². The number of halogens is 4. The number of methoxy groups -OCH3 is 2. The second-order valence-corrected chi connectivity index (χ2v) is 15.4. The quantitative estimate of drug-likeness (QED) is 0.132. The maximum absolute atomic E-state index is 14.6. The first kappa shape index (κ1) is 38.0. The topological polar surface area (TPSA) is 135 Å². The van der Waals surface area contributed by atoms with Gasteiger partial charge in [-0.1, -0.05) is 54.1 Å². The van der Waals surface area contributed by atoms with Gasteiger partial charge in [0.05, 0.1) is 30.4 Å². The minimum Gasteiger partial charge on any atom is -0.481 e. The lowest BCUT2D eigenvalue weighted by molar-refractivity contribution is -0.143. The van der Waals surface area contributed by atoms with Gasteiger partial charge in [0, 0.05) is 67.4 Å². The first-order valence-electron chi connectivity index (χ1n) is 18.6. The van der Waals surface area contributed by atoms with Crippen LogP contribution in [-0.2, 0) is 35.3 Å². The van der Waals surface area contributed by atoms with Crippen LogP contribution >= 0.6 is 11.6 Å². The molecule has 3 N–H and O–H groups in total. The van der Waals surface area contributed by atoms with Gasteiger partial charge in [-0.25, -0.2) is 4.98 Å². The third-order valence-electron chi connectivity index (χ3n) is 11.5. The standard InChI is InChI=1S/C41H41ClF3N5O6/c1-54-36-22(17-46-18-25-10-14-34(51)47-25)9-12-32(48-36)30-8-4-7-29(35(30)42)26-5-3-6-28-27(26)11-13-33(28)56-38-31(41(43,44)45)15-23(37(49-38)55-2)19-50-20-24-16-40(24,21-50)39(52)53/h3-9,12,15,24-25,33,46H,10-11,13-14,16-21H2,1-2H3,(H,47,51)(H,52,53)/t24-,25+,33+,40-/m1/s1. The van der Waals surface area contributed by atoms with Crippen molar-refractivity contribution in [3.05, 3.63) is 87.4 Å². The number of piperidine rings is 1. The Bertz CT molecular complexity index is 2200. The molecule has 4 aromatic rings. The van der Waals surface area contributed by atoms with Gasteiger partial charge < -0.3 is 30.0 Å². The summed E-state index contributed by atoms with van der Waals surface area (Å²) in [6.07, 6.45) is -2.61. The molecule has 4 heterocycles. The maximum Gasteiger partial charge on any atom is 0.421 e. The molecule has 15 heteroatoms. The Morgan fingerprint density at radius 1 is 1.00 bits per heavy atom. The average Bonchev–Trinajstić information content (AvgIpc) is 3.44. The van der Waals surface area contributed by atoms with Crippen molar-refractivity contribution in [2.45, 2.75) is 63.5 Å². The molecule has 1 saturated carbocycles. The lowest BCUT2D eigenvalue weighted by Crippen LogP contribution is -2.35. The average molecular weight is 792 g/mol. The molecule has 0 radical (unpaired) electrons. The number of ether oxygens (including phenoxy) is 3. The van der Waals surface area contributed by atoms with Crippen LogP contribution in [0.25, 0.3) is 22.4 Å². The van der Waals surface area contributed by atoms with Crippen LogP contribution in [0.4, 0.5) is 13.2 Å². The molecule has 294 valence electrons. The van der Waals surface area contributed by atoms with Crippen LogP contribution in [0.3, 0.4) is 0 Å². The first-order chi connectivity index (χ1) is 26.9. The Kier molecular flexibility index (Phi) is 10.1. The van der Waals surface area contributed by atoms with Crippen LogP contribution in [0.2, 0.25) is 5.02 Å². The van der Waals surface area contributed by atoms with Gasteiger partial charge in [0.1, 0.15) is 11.7 Å². The number of aromatic nitrogens is 2. The Balaban J connectivity index is 1.03. The highest BCUT2D eigenvalue weighted by Gasteiger charge is 2.65. The van der Waals surface area contributed by atoms with E-state index in [9.17, 15) is 27.9 Å². The molecule has 8 rings (SSSR count). The number of benzene rings is 2. The van der Waals surface area contributed by atoms with Gasteiger partial charge in [0.15, 0.2) is 0 Å². The molecule has 4 aliphatic rings. The number of rotatable bonds is 13. The predicted molar refractivity (Wildman–Crippen MR) is 200 cm³/mol. The molecule has 0 bridgehead atoms. The fraction of sp³-hybridized carbons (Fsp3) is 0.415. The van der Waals surface area contributed by atoms with Crippen molar-refractivity contribution in [3.63, 3.8) is 0 Å². The Morgan fingerprint density at radius 2 is 1.75 bits per heavy atom. The third-order valence-corrected chi connectivity index (χ3v) is 11.9. The molecule has 0 unspecified atom stereocenters. The Morgan fingerprint density at radius 3 is 2.46 bits per heavy atom. The highest BCUT2D eigenvalue weighted by molar-refractivity contribution is 6.36. The van der Waals surface area contributed by atoms with Gasteiger partial charge in [0.25, 0.3) is 0 Å². The number of fused-ring (bicyclic) bond motifs is 2. The number of carboxylic acids is 1. The van der Waals surface area contributed by atoms with Crippen LogP contribution in [-0.4, -0.2) is 71.7 Å². The highest BCUT2D eigenvalue weighted by atomic mass is 35.5. The zero-order chi connectivity index (χ0) is 39.4. The largest absolute Gasteiger partial charge is 0.481 e. The lowest BCUT2D eigenvalue weighted by atomic mass is 9.94. The summed E-state index contributed by atoms with van der Waals surface area (Å²) >= 11 is 7.12. The van der Waals surface area contributed by atoms with Crippen molar-refractivity contribution in [2.24, 2.45) is 11.3 Å². The first-order valence-corrected chi connectivity index (χ1v) is 19.0. The van der Waals surface area contributed by atoms with E-state index in [1.807, 2.05) is 53.4 Å². The molecule has 2 aliphatic heterocycles. The number of nitrogens with zero attached hydrogens (tertiary/aromatic N) is 3. The molecule has 2 saturated heterocycles. The lowest BCUT2D eigenvalue weighted by Gasteiger charge is -2.23. The van der Waals surface area contributed by atoms with E-state index >= 15 is 0 Å². The maximum atomic E-state index is 14.6. The van der Waals surface area contributed by atoms with Gasteiger partial charge in [-0.05, 0) is 60.4 Å². The molecule has 56 heavy (non-hydrogen) atoms. The van der Waals surface area contributed by atoms with Gasteiger partial charge in [0.2, 0.25) is 23.5 Å². The number of likely N-dealkylation sites (tertiary alicyclic amines) is 1. The normalized spacial score (nSPS) is 22.8. The van der Waals surface area contributed by atoms with E-state index in [0.29, 0.717) is 67.5 Å². The van der Waals surface area contributed by atoms with Crippen LogP contribution in [0.15, 0.2) is 54.6 Å². The number of amides is 1. The molecule has 2 aromatic heterocycles. The van der Waals surface area contributed by atoms with E-state index in [1.165, 1.54) is 7.11 Å². The Hall–Kier alpha value is -4.92. The molecular formula is C41H41ClF3N5O6. The molecule has 4 atom stereocenters. The molecule has 1 amide bonds. The number of carboxylic acid groups (broad SMARTS) is 1. The summed E-state index contributed by atoms with van der Waals surface area (Å²) < 4.78 is 61.0. The fourth-order valence-corrected chi connectivity index (χ4v) is 8.92. The monoisotopic (exact) mass is 791 g/mol. The summed E-state index contributed by atoms with van der Waals surface area (Å²) in [7, 11) is 2.90. The summed E-state index contributed by atoms with van der Waals surface area (Å²) in [5.74, 6) is -0.932. The number of hydrogen-bond acceptors (Lipinski definition) is 9. The van der Waals surface area contributed by atoms with Crippen LogP contribution < -0.4 is 24.8 Å². The summed E-state index contributed by atoms with van der Waals surface area (Å²) in [6.45, 7) is 1.97. The van der Waals surface area contributed by atoms with Crippen molar-refractivity contribution >= 4 is 23.5 Å². The van der Waals surface area contributed by atoms with E-state index in [2.05, 4.69) is 15.6 Å². The van der Waals surface area contributed by atoms with Crippen LogP contribution in [0.1, 0.15) is 59.6 Å². The fourth-order valence-electron chi connectivity index (χ4n) is 8.59. The van der Waals surface area contributed by atoms with Crippen molar-refractivity contribution in [1.82, 2.24) is 25.5 Å². The smallest absolute Gasteiger partial charge is 0.421 e. The predicted octanol–water partition coefficient (Wildman–Crippen LogP) is 6.84. The zero-order valence-electron chi connectivity index (χ0n) is 30.8. The molecule has 11 nitrogen and oxygen atoms in total. The van der Waals surface area contributed by atoms with Gasteiger partial charge in [-0.3, -0.25) is 14.5 Å². The Labute approximate surface area is 326 Å². The summed E-state index contributed by atoms with van der Waals surface area (Å²) in [5.41, 5.74) is 3.78. The van der Waals surface area contributed by atoms with E-state index in [4.69, 9.17) is 30.8 Å². The summed E-state index contributed by atoms with van der Waals surface area (Å²) in [4.78, 5) is 34.2. The van der Waals surface area contributed by atoms with Gasteiger partial charge in [-0.15, -0.1) is 0 Å². The van der Waals surface area contributed by atoms with E-state index in [1.54, 1.807) is 7.11 Å².